The van der Waals surface area contributed by atoms with Crippen LogP contribution >= 0.6 is 34.2 Å². The molecule has 0 aliphatic carbocycles. The second-order valence-electron chi connectivity index (χ2n) is 5.07. The summed E-state index contributed by atoms with van der Waals surface area (Å²) in [7, 11) is 0. The van der Waals surface area contributed by atoms with E-state index in [1.165, 1.54) is 0 Å². The number of carbonyl (C=O) groups is 1. The van der Waals surface area contributed by atoms with E-state index in [1.54, 1.807) is 0 Å². The molecule has 0 radical (unpaired) electrons. The van der Waals surface area contributed by atoms with Gasteiger partial charge in [0, 0.05) is 22.6 Å². The first-order chi connectivity index (χ1) is 10.0. The van der Waals surface area contributed by atoms with Crippen molar-refractivity contribution < 1.29 is 4.79 Å². The Labute approximate surface area is 143 Å². The number of aryl methyl sites for hydroxylation is 1. The third-order valence-electron chi connectivity index (χ3n) is 3.49. The van der Waals surface area contributed by atoms with Crippen molar-refractivity contribution in [1.29, 1.82) is 0 Å². The van der Waals surface area contributed by atoms with E-state index >= 15 is 0 Å². The van der Waals surface area contributed by atoms with Crippen LogP contribution in [0.1, 0.15) is 32.5 Å². The second-order valence-corrected chi connectivity index (χ2v) is 6.59. The summed E-state index contributed by atoms with van der Waals surface area (Å²) in [6, 6.07) is 6.32. The van der Waals surface area contributed by atoms with Crippen molar-refractivity contribution in [2.24, 2.45) is 0 Å². The minimum absolute atomic E-state index is 0.0669. The fourth-order valence-electron chi connectivity index (χ4n) is 2.17. The van der Waals surface area contributed by atoms with Crippen LogP contribution in [0.5, 0.6) is 0 Å². The van der Waals surface area contributed by atoms with Gasteiger partial charge in [0.2, 0.25) is 5.91 Å². The molecule has 0 saturated heterocycles. The Bertz CT molecular complexity index is 641. The van der Waals surface area contributed by atoms with Gasteiger partial charge in [-0.25, -0.2) is 4.98 Å². The van der Waals surface area contributed by atoms with Crippen LogP contribution in [0.15, 0.2) is 18.2 Å². The second kappa shape index (κ2) is 7.45. The molecule has 114 valence electrons. The summed E-state index contributed by atoms with van der Waals surface area (Å²) in [4.78, 5) is 16.5. The predicted molar refractivity (Wildman–Crippen MR) is 94.5 cm³/mol. The van der Waals surface area contributed by atoms with E-state index in [0.29, 0.717) is 18.8 Å². The average molecular weight is 420 g/mol. The van der Waals surface area contributed by atoms with Gasteiger partial charge in [0.1, 0.15) is 5.82 Å². The summed E-state index contributed by atoms with van der Waals surface area (Å²) in [6.45, 7) is 4.67. The van der Waals surface area contributed by atoms with Crippen LogP contribution in [-0.2, 0) is 17.2 Å². The SMILES string of the molecule is CCC(C)NC(=O)CCn1c(CCl)nc2cc(I)ccc21. The van der Waals surface area contributed by atoms with Gasteiger partial charge < -0.3 is 9.88 Å². The molecule has 0 aliphatic rings. The number of amides is 1. The van der Waals surface area contributed by atoms with Gasteiger partial charge in [0.05, 0.1) is 16.9 Å². The van der Waals surface area contributed by atoms with Crippen LogP contribution in [0.25, 0.3) is 11.0 Å². The molecule has 1 aromatic heterocycles. The molecule has 2 rings (SSSR count). The first-order valence-corrected chi connectivity index (χ1v) is 8.66. The third-order valence-corrected chi connectivity index (χ3v) is 4.40. The zero-order valence-corrected chi connectivity index (χ0v) is 15.1. The number of hydrogen-bond acceptors (Lipinski definition) is 2. The number of alkyl halides is 1. The Kier molecular flexibility index (Phi) is 5.87. The minimum Gasteiger partial charge on any atom is -0.354 e. The molecule has 0 spiro atoms. The van der Waals surface area contributed by atoms with Crippen molar-refractivity contribution in [3.05, 3.63) is 27.6 Å². The molecular formula is C15H19ClIN3O. The summed E-state index contributed by atoms with van der Waals surface area (Å²) in [6.07, 6.45) is 1.37. The normalized spacial score (nSPS) is 12.6. The van der Waals surface area contributed by atoms with E-state index in [0.717, 1.165) is 26.8 Å². The van der Waals surface area contributed by atoms with Crippen molar-refractivity contribution in [2.45, 2.75) is 45.2 Å². The van der Waals surface area contributed by atoms with Gasteiger partial charge in [-0.3, -0.25) is 4.79 Å². The zero-order chi connectivity index (χ0) is 15.4. The number of hydrogen-bond donors (Lipinski definition) is 1. The fourth-order valence-corrected chi connectivity index (χ4v) is 2.85. The lowest BCUT2D eigenvalue weighted by Gasteiger charge is -2.12. The van der Waals surface area contributed by atoms with Crippen molar-refractivity contribution in [1.82, 2.24) is 14.9 Å². The van der Waals surface area contributed by atoms with Crippen LogP contribution in [0.3, 0.4) is 0 Å². The summed E-state index contributed by atoms with van der Waals surface area (Å²) < 4.78 is 3.18. The number of carbonyl (C=O) groups excluding carboxylic acids is 1. The lowest BCUT2D eigenvalue weighted by atomic mass is 10.2. The van der Waals surface area contributed by atoms with Gasteiger partial charge in [-0.15, -0.1) is 11.6 Å². The minimum atomic E-state index is 0.0669. The number of nitrogens with one attached hydrogen (secondary N) is 1. The highest BCUT2D eigenvalue weighted by molar-refractivity contribution is 14.1. The number of nitrogens with zero attached hydrogens (tertiary/aromatic N) is 2. The summed E-state index contributed by atoms with van der Waals surface area (Å²) in [5.41, 5.74) is 1.96. The molecule has 21 heavy (non-hydrogen) atoms. The molecule has 1 unspecified atom stereocenters. The summed E-state index contributed by atoms with van der Waals surface area (Å²) >= 11 is 8.24. The predicted octanol–water partition coefficient (Wildman–Crippen LogP) is 3.68. The maximum absolute atomic E-state index is 11.9. The number of halogens is 2. The van der Waals surface area contributed by atoms with Gasteiger partial charge in [0.25, 0.3) is 0 Å². The number of fused-ring (bicyclic) bond motifs is 1. The summed E-state index contributed by atoms with van der Waals surface area (Å²) in [5.74, 6) is 1.22. The molecule has 2 aromatic rings. The zero-order valence-electron chi connectivity index (χ0n) is 12.2. The highest BCUT2D eigenvalue weighted by Gasteiger charge is 2.12. The largest absolute Gasteiger partial charge is 0.354 e. The van der Waals surface area contributed by atoms with Crippen molar-refractivity contribution >= 4 is 51.1 Å². The van der Waals surface area contributed by atoms with Gasteiger partial charge in [-0.05, 0) is 54.1 Å². The Hall–Kier alpha value is -0.820. The average Bonchev–Trinajstić information content (AvgIpc) is 2.81. The van der Waals surface area contributed by atoms with Crippen LogP contribution < -0.4 is 5.32 Å². The van der Waals surface area contributed by atoms with E-state index < -0.39 is 0 Å². The van der Waals surface area contributed by atoms with E-state index in [9.17, 15) is 4.79 Å². The number of imidazole rings is 1. The molecule has 0 saturated carbocycles. The lowest BCUT2D eigenvalue weighted by Crippen LogP contribution is -2.32. The molecule has 6 heteroatoms. The van der Waals surface area contributed by atoms with Crippen molar-refractivity contribution in [2.75, 3.05) is 0 Å². The maximum Gasteiger partial charge on any atom is 0.221 e. The van der Waals surface area contributed by atoms with Crippen LogP contribution in [0.4, 0.5) is 0 Å². The molecule has 1 amide bonds. The molecule has 0 bridgehead atoms. The van der Waals surface area contributed by atoms with E-state index in [2.05, 4.69) is 39.8 Å². The van der Waals surface area contributed by atoms with Gasteiger partial charge >= 0.3 is 0 Å². The van der Waals surface area contributed by atoms with Crippen molar-refractivity contribution in [3.8, 4) is 0 Å². The van der Waals surface area contributed by atoms with E-state index in [-0.39, 0.29) is 11.9 Å². The Morgan fingerprint density at radius 3 is 2.95 bits per heavy atom. The molecule has 1 atom stereocenters. The first kappa shape index (κ1) is 16.5. The number of rotatable bonds is 6. The lowest BCUT2D eigenvalue weighted by molar-refractivity contribution is -0.121. The van der Waals surface area contributed by atoms with Crippen LogP contribution in [0.2, 0.25) is 0 Å². The molecule has 0 aliphatic heterocycles. The molecular weight excluding hydrogens is 401 g/mol. The highest BCUT2D eigenvalue weighted by Crippen LogP contribution is 2.20. The van der Waals surface area contributed by atoms with E-state index in [4.69, 9.17) is 11.6 Å². The fraction of sp³-hybridized carbons (Fsp3) is 0.467. The van der Waals surface area contributed by atoms with Crippen molar-refractivity contribution in [3.63, 3.8) is 0 Å². The van der Waals surface area contributed by atoms with Crippen LogP contribution in [0, 0.1) is 3.57 Å². The summed E-state index contributed by atoms with van der Waals surface area (Å²) in [5, 5.41) is 2.98. The Morgan fingerprint density at radius 2 is 2.29 bits per heavy atom. The standard InChI is InChI=1S/C15H19ClIN3O/c1-3-10(2)18-15(21)6-7-20-13-5-4-11(17)8-12(13)19-14(20)9-16/h4-5,8,10H,3,6-7,9H2,1-2H3,(H,18,21). The first-order valence-electron chi connectivity index (χ1n) is 7.05. The maximum atomic E-state index is 11.9. The molecule has 0 fully saturated rings. The number of aromatic nitrogens is 2. The smallest absolute Gasteiger partial charge is 0.221 e. The Morgan fingerprint density at radius 1 is 1.52 bits per heavy atom. The quantitative estimate of drug-likeness (QED) is 0.573. The van der Waals surface area contributed by atoms with E-state index in [1.807, 2.05) is 29.7 Å². The molecule has 1 aromatic carbocycles. The highest BCUT2D eigenvalue weighted by atomic mass is 127. The molecule has 1 heterocycles. The topological polar surface area (TPSA) is 46.9 Å². The molecule has 1 N–H and O–H groups in total. The van der Waals surface area contributed by atoms with Gasteiger partial charge in [0.15, 0.2) is 0 Å². The number of benzene rings is 1. The van der Waals surface area contributed by atoms with Gasteiger partial charge in [-0.2, -0.15) is 0 Å². The third kappa shape index (κ3) is 4.10. The molecule has 4 nitrogen and oxygen atoms in total. The monoisotopic (exact) mass is 419 g/mol. The Balaban J connectivity index is 2.15. The van der Waals surface area contributed by atoms with Gasteiger partial charge in [-0.1, -0.05) is 6.92 Å². The van der Waals surface area contributed by atoms with Crippen LogP contribution in [-0.4, -0.2) is 21.5 Å².